The number of aliphatic hydroxyl groups is 1. The van der Waals surface area contributed by atoms with E-state index in [9.17, 15) is 9.90 Å². The fraction of sp³-hybridized carbons (Fsp3) is 0.533. The summed E-state index contributed by atoms with van der Waals surface area (Å²) in [5.74, 6) is 0. The molecule has 0 aliphatic rings. The summed E-state index contributed by atoms with van der Waals surface area (Å²) in [6.45, 7) is 5.57. The molecule has 0 saturated carbocycles. The summed E-state index contributed by atoms with van der Waals surface area (Å²) in [4.78, 5) is 12.7. The van der Waals surface area contributed by atoms with E-state index >= 15 is 0 Å². The fourth-order valence-corrected chi connectivity index (χ4v) is 1.71. The molecule has 0 bridgehead atoms. The molecule has 1 rings (SSSR count). The topological polar surface area (TPSA) is 49.8 Å². The molecule has 1 N–H and O–H groups in total. The number of hydrogen-bond donors (Lipinski definition) is 1. The predicted molar refractivity (Wildman–Crippen MR) is 74.6 cm³/mol. The molecule has 2 atom stereocenters. The van der Waals surface area contributed by atoms with E-state index in [0.717, 1.165) is 11.8 Å². The third-order valence-corrected chi connectivity index (χ3v) is 2.78. The average Bonchev–Trinajstić information content (AvgIpc) is 2.34. The van der Waals surface area contributed by atoms with Crippen LogP contribution >= 0.6 is 0 Å². The van der Waals surface area contributed by atoms with Gasteiger partial charge in [-0.3, -0.25) is 0 Å². The molecule has 4 heteroatoms. The van der Waals surface area contributed by atoms with Crippen molar-refractivity contribution in [2.75, 3.05) is 7.05 Å². The predicted octanol–water partition coefficient (Wildman–Crippen LogP) is 1.82. The van der Waals surface area contributed by atoms with Crippen molar-refractivity contribution in [1.82, 2.24) is 4.90 Å². The number of likely N-dealkylation sites (N-methyl/N-ethyl adjacent to an activating group) is 1. The van der Waals surface area contributed by atoms with Crippen LogP contribution in [0.4, 0.5) is 0 Å². The Morgan fingerprint density at radius 2 is 1.89 bits per heavy atom. The Balaban J connectivity index is 2.66. The summed E-state index contributed by atoms with van der Waals surface area (Å²) in [6, 6.07) is 9.29. The lowest BCUT2D eigenvalue weighted by Gasteiger charge is -2.33. The van der Waals surface area contributed by atoms with Gasteiger partial charge in [-0.25, -0.2) is 4.90 Å². The van der Waals surface area contributed by atoms with Gasteiger partial charge in [0.05, 0.1) is 11.6 Å². The highest BCUT2D eigenvalue weighted by molar-refractivity contribution is 5.58. The van der Waals surface area contributed by atoms with E-state index in [1.54, 1.807) is 7.05 Å². The van der Waals surface area contributed by atoms with E-state index in [1.165, 1.54) is 4.90 Å². The van der Waals surface area contributed by atoms with Gasteiger partial charge in [-0.2, -0.15) is 0 Å². The van der Waals surface area contributed by atoms with Crippen LogP contribution in [0.1, 0.15) is 26.3 Å². The number of ether oxygens (including phenoxy) is 1. The number of aliphatic hydroxyl groups excluding tert-OH is 1. The van der Waals surface area contributed by atoms with E-state index in [-0.39, 0.29) is 0 Å². The monoisotopic (exact) mass is 265 g/mol. The van der Waals surface area contributed by atoms with Crippen LogP contribution in [0.5, 0.6) is 0 Å². The summed E-state index contributed by atoms with van der Waals surface area (Å²) in [6.07, 6.45) is 0.284. The lowest BCUT2D eigenvalue weighted by molar-refractivity contribution is -0.239. The number of nitrogens with zero attached hydrogens (tertiary/aromatic N) is 1. The Kier molecular flexibility index (Phi) is 5.66. The molecule has 106 valence electrons. The Morgan fingerprint density at radius 1 is 1.32 bits per heavy atom. The third kappa shape index (κ3) is 5.51. The summed E-state index contributed by atoms with van der Waals surface area (Å²) < 4.78 is 5.44. The van der Waals surface area contributed by atoms with Gasteiger partial charge in [-0.05, 0) is 39.8 Å². The number of benzene rings is 1. The lowest BCUT2D eigenvalue weighted by Crippen LogP contribution is -2.46. The molecule has 0 amide bonds. The first-order valence-electron chi connectivity index (χ1n) is 6.40. The highest BCUT2D eigenvalue weighted by atomic mass is 16.6. The van der Waals surface area contributed by atoms with Gasteiger partial charge < -0.3 is 14.6 Å². The van der Waals surface area contributed by atoms with Gasteiger partial charge in [-0.15, -0.1) is 0 Å². The first-order valence-corrected chi connectivity index (χ1v) is 6.40. The van der Waals surface area contributed by atoms with Crippen LogP contribution in [-0.4, -0.2) is 41.4 Å². The molecule has 0 fully saturated rings. The smallest absolute Gasteiger partial charge is 0.216 e. The Hall–Kier alpha value is -1.23. The third-order valence-electron chi connectivity index (χ3n) is 2.78. The van der Waals surface area contributed by atoms with Crippen LogP contribution in [0.3, 0.4) is 0 Å². The highest BCUT2D eigenvalue weighted by Gasteiger charge is 2.25. The van der Waals surface area contributed by atoms with Gasteiger partial charge in [0.15, 0.2) is 0 Å². The van der Waals surface area contributed by atoms with Crippen molar-refractivity contribution in [2.45, 2.75) is 45.2 Å². The van der Waals surface area contributed by atoms with Crippen molar-refractivity contribution < 1.29 is 14.6 Å². The van der Waals surface area contributed by atoms with Crippen molar-refractivity contribution in [1.29, 1.82) is 0 Å². The molecule has 0 aliphatic heterocycles. The molecule has 4 nitrogen and oxygen atoms in total. The first kappa shape index (κ1) is 15.8. The quantitative estimate of drug-likeness (QED) is 0.629. The van der Waals surface area contributed by atoms with Gasteiger partial charge >= 0.3 is 0 Å². The summed E-state index contributed by atoms with van der Waals surface area (Å²) in [5, 5.41) is 9.98. The minimum Gasteiger partial charge on any atom is -0.356 e. The normalized spacial score (nSPS) is 15.3. The fourth-order valence-electron chi connectivity index (χ4n) is 1.71. The average molecular weight is 265 g/mol. The van der Waals surface area contributed by atoms with Crippen molar-refractivity contribution in [3.63, 3.8) is 0 Å². The maximum absolute atomic E-state index is 11.2. The van der Waals surface area contributed by atoms with Gasteiger partial charge in [-0.1, -0.05) is 30.3 Å². The molecule has 19 heavy (non-hydrogen) atoms. The largest absolute Gasteiger partial charge is 0.356 e. The maximum Gasteiger partial charge on any atom is 0.216 e. The second-order valence-electron chi connectivity index (χ2n) is 5.62. The molecular formula is C15H23NO3. The molecule has 1 aromatic carbocycles. The highest BCUT2D eigenvalue weighted by Crippen LogP contribution is 2.14. The Labute approximate surface area is 115 Å². The molecule has 1 unspecified atom stereocenters. The molecular weight excluding hydrogens is 242 g/mol. The van der Waals surface area contributed by atoms with Crippen LogP contribution in [0, 0.1) is 0 Å². The summed E-state index contributed by atoms with van der Waals surface area (Å²) in [5.41, 5.74) is 0.586. The zero-order valence-electron chi connectivity index (χ0n) is 12.0. The van der Waals surface area contributed by atoms with E-state index in [2.05, 4.69) is 0 Å². The van der Waals surface area contributed by atoms with E-state index < -0.39 is 18.1 Å². The van der Waals surface area contributed by atoms with Crippen molar-refractivity contribution >= 4 is 6.29 Å². The zero-order valence-corrected chi connectivity index (χ0v) is 12.0. The number of carbonyl (C=O) groups excluding carboxylic acids is 1. The van der Waals surface area contributed by atoms with Crippen LogP contribution in [0.15, 0.2) is 30.3 Å². The van der Waals surface area contributed by atoms with Gasteiger partial charge in [0, 0.05) is 0 Å². The lowest BCUT2D eigenvalue weighted by atomic mass is 10.1. The molecule has 1 aromatic rings. The SMILES string of the molecule is CN(C(O)OC(C)(C)C)[C@@H](C=O)Cc1ccccc1. The van der Waals surface area contributed by atoms with Crippen LogP contribution in [0.25, 0.3) is 0 Å². The van der Waals surface area contributed by atoms with Crippen LogP contribution in [-0.2, 0) is 16.0 Å². The molecule has 0 heterocycles. The summed E-state index contributed by atoms with van der Waals surface area (Å²) >= 11 is 0. The second-order valence-corrected chi connectivity index (χ2v) is 5.62. The van der Waals surface area contributed by atoms with Gasteiger partial charge in [0.2, 0.25) is 6.41 Å². The van der Waals surface area contributed by atoms with Crippen LogP contribution in [0.2, 0.25) is 0 Å². The van der Waals surface area contributed by atoms with Gasteiger partial charge in [0.1, 0.15) is 6.29 Å². The number of hydrogen-bond acceptors (Lipinski definition) is 4. The van der Waals surface area contributed by atoms with E-state index in [1.807, 2.05) is 51.1 Å². The number of carbonyl (C=O) groups is 1. The van der Waals surface area contributed by atoms with Crippen molar-refractivity contribution in [2.24, 2.45) is 0 Å². The van der Waals surface area contributed by atoms with E-state index in [0.29, 0.717) is 6.42 Å². The Bertz CT molecular complexity index is 386. The maximum atomic E-state index is 11.2. The van der Waals surface area contributed by atoms with Crippen molar-refractivity contribution in [3.05, 3.63) is 35.9 Å². The minimum absolute atomic E-state index is 0.417. The van der Waals surface area contributed by atoms with E-state index in [4.69, 9.17) is 4.74 Å². The number of rotatable bonds is 6. The molecule has 0 saturated heterocycles. The molecule has 0 aliphatic carbocycles. The standard InChI is InChI=1S/C15H23NO3/c1-15(2,3)19-14(18)16(4)13(11-17)10-12-8-6-5-7-9-12/h5-9,11,13-14,18H,10H2,1-4H3/t13-,14?/m1/s1. The van der Waals surface area contributed by atoms with Crippen LogP contribution < -0.4 is 0 Å². The molecule has 0 aromatic heterocycles. The van der Waals surface area contributed by atoms with Crippen molar-refractivity contribution in [3.8, 4) is 0 Å². The molecule has 0 spiro atoms. The second kappa shape index (κ2) is 6.80. The van der Waals surface area contributed by atoms with Gasteiger partial charge in [0.25, 0.3) is 0 Å². The minimum atomic E-state index is -1.10. The first-order chi connectivity index (χ1) is 8.83. The Morgan fingerprint density at radius 3 is 2.37 bits per heavy atom. The summed E-state index contributed by atoms with van der Waals surface area (Å²) in [7, 11) is 1.68. The number of aldehydes is 1. The molecule has 0 radical (unpaired) electrons. The zero-order chi connectivity index (χ0) is 14.5.